The fourth-order valence-electron chi connectivity index (χ4n) is 2.99. The summed E-state index contributed by atoms with van der Waals surface area (Å²) in [6.07, 6.45) is 5.90. The fraction of sp³-hybridized carbons (Fsp3) is 0.462. The minimum Gasteiger partial charge on any atom is -0.488 e. The molecular formula is C13H18Cl2N4O. The average Bonchev–Trinajstić information content (AvgIpc) is 2.82. The lowest BCUT2D eigenvalue weighted by molar-refractivity contribution is 0.265. The Morgan fingerprint density at radius 1 is 1.35 bits per heavy atom. The van der Waals surface area contributed by atoms with Crippen molar-refractivity contribution in [3.63, 3.8) is 0 Å². The normalized spacial score (nSPS) is 23.9. The molecule has 1 aliphatic carbocycles. The summed E-state index contributed by atoms with van der Waals surface area (Å²) in [6, 6.07) is 2.99. The molecule has 3 N–H and O–H groups in total. The van der Waals surface area contributed by atoms with Gasteiger partial charge in [-0.15, -0.1) is 24.8 Å². The molecule has 0 radical (unpaired) electrons. The van der Waals surface area contributed by atoms with Gasteiger partial charge in [0.15, 0.2) is 5.75 Å². The molecule has 0 atom stereocenters. The Bertz CT molecular complexity index is 597. The Kier molecular flexibility index (Phi) is 4.32. The highest BCUT2D eigenvalue weighted by Gasteiger charge is 2.35. The summed E-state index contributed by atoms with van der Waals surface area (Å²) in [6.45, 7) is 1.67. The number of anilines is 1. The minimum atomic E-state index is 0. The largest absolute Gasteiger partial charge is 0.488 e. The first kappa shape index (κ1) is 15.2. The van der Waals surface area contributed by atoms with Crippen LogP contribution in [0.1, 0.15) is 12.8 Å². The van der Waals surface area contributed by atoms with Crippen molar-refractivity contribution >= 4 is 41.5 Å². The predicted molar refractivity (Wildman–Crippen MR) is 84.4 cm³/mol. The fourth-order valence-corrected chi connectivity index (χ4v) is 2.99. The Balaban J connectivity index is 0.000000735. The van der Waals surface area contributed by atoms with E-state index < -0.39 is 0 Å². The summed E-state index contributed by atoms with van der Waals surface area (Å²) in [5.74, 6) is 0.897. The van der Waals surface area contributed by atoms with E-state index in [4.69, 9.17) is 10.5 Å². The highest BCUT2D eigenvalue weighted by molar-refractivity contribution is 5.93. The van der Waals surface area contributed by atoms with Crippen molar-refractivity contribution in [1.29, 1.82) is 0 Å². The van der Waals surface area contributed by atoms with E-state index in [0.29, 0.717) is 12.1 Å². The molecule has 0 aromatic carbocycles. The van der Waals surface area contributed by atoms with Crippen molar-refractivity contribution in [3.8, 4) is 5.75 Å². The molecule has 1 fully saturated rings. The Morgan fingerprint density at radius 3 is 2.90 bits per heavy atom. The molecule has 0 bridgehead atoms. The van der Waals surface area contributed by atoms with E-state index in [1.165, 1.54) is 5.69 Å². The third-order valence-corrected chi connectivity index (χ3v) is 3.99. The zero-order valence-corrected chi connectivity index (χ0v) is 12.5. The summed E-state index contributed by atoms with van der Waals surface area (Å²) in [5.41, 5.74) is 8.02. The van der Waals surface area contributed by atoms with Gasteiger partial charge in [-0.1, -0.05) is 0 Å². The molecule has 20 heavy (non-hydrogen) atoms. The number of fused-ring (bicyclic) bond motifs is 3. The number of hydrogen-bond acceptors (Lipinski definition) is 4. The van der Waals surface area contributed by atoms with Crippen molar-refractivity contribution in [2.45, 2.75) is 24.9 Å². The van der Waals surface area contributed by atoms with Gasteiger partial charge in [0.2, 0.25) is 0 Å². The summed E-state index contributed by atoms with van der Waals surface area (Å²) in [5, 5.41) is 1.15. The lowest BCUT2D eigenvalue weighted by Gasteiger charge is -2.45. The van der Waals surface area contributed by atoms with Gasteiger partial charge >= 0.3 is 0 Å². The van der Waals surface area contributed by atoms with E-state index in [0.717, 1.165) is 42.8 Å². The van der Waals surface area contributed by atoms with Gasteiger partial charge in [-0.3, -0.25) is 0 Å². The molecule has 2 aromatic rings. The van der Waals surface area contributed by atoms with E-state index in [1.807, 2.05) is 12.4 Å². The first-order chi connectivity index (χ1) is 8.83. The van der Waals surface area contributed by atoms with Crippen molar-refractivity contribution in [1.82, 2.24) is 9.97 Å². The maximum absolute atomic E-state index is 5.91. The van der Waals surface area contributed by atoms with Crippen LogP contribution in [0, 0.1) is 0 Å². The number of hydrogen-bond donors (Lipinski definition) is 2. The zero-order chi connectivity index (χ0) is 12.1. The number of nitrogens with two attached hydrogens (primary N) is 1. The highest BCUT2D eigenvalue weighted by atomic mass is 35.5. The van der Waals surface area contributed by atoms with Crippen molar-refractivity contribution < 1.29 is 4.74 Å². The lowest BCUT2D eigenvalue weighted by Crippen LogP contribution is -2.53. The maximum Gasteiger partial charge on any atom is 0.161 e. The van der Waals surface area contributed by atoms with Crippen LogP contribution in [0.4, 0.5) is 5.69 Å². The van der Waals surface area contributed by atoms with Crippen molar-refractivity contribution in [3.05, 3.63) is 18.5 Å². The molecule has 0 saturated heterocycles. The second-order valence-corrected chi connectivity index (χ2v) is 5.14. The molecule has 5 nitrogen and oxygen atoms in total. The van der Waals surface area contributed by atoms with Crippen molar-refractivity contribution in [2.75, 3.05) is 18.1 Å². The third kappa shape index (κ3) is 2.20. The van der Waals surface area contributed by atoms with Crippen LogP contribution < -0.4 is 15.4 Å². The first-order valence-corrected chi connectivity index (χ1v) is 6.44. The van der Waals surface area contributed by atoms with Crippen LogP contribution in [0.5, 0.6) is 5.75 Å². The topological polar surface area (TPSA) is 67.2 Å². The number of H-pyrrole nitrogens is 1. The van der Waals surface area contributed by atoms with Crippen LogP contribution >= 0.6 is 24.8 Å². The smallest absolute Gasteiger partial charge is 0.161 e. The average molecular weight is 317 g/mol. The van der Waals surface area contributed by atoms with Crippen LogP contribution in [0.25, 0.3) is 11.0 Å². The summed E-state index contributed by atoms with van der Waals surface area (Å²) >= 11 is 0. The SMILES string of the molecule is Cl.Cl.N[C@H]1C[C@@H](N2CCOc3cnc4[nH]ccc4c32)C1. The van der Waals surface area contributed by atoms with Crippen LogP contribution in [-0.2, 0) is 0 Å². The van der Waals surface area contributed by atoms with E-state index >= 15 is 0 Å². The molecule has 0 spiro atoms. The van der Waals surface area contributed by atoms with Crippen LogP contribution in [0.2, 0.25) is 0 Å². The Labute approximate surface area is 129 Å². The standard InChI is InChI=1S/C13H16N4O.2ClH/c14-8-5-9(6-8)17-3-4-18-11-7-16-13-10(12(11)17)1-2-15-13;;/h1-2,7-9H,3-6,14H2,(H,15,16);2*1H/t8-,9+;;. The number of rotatable bonds is 1. The van der Waals surface area contributed by atoms with E-state index in [2.05, 4.69) is 20.9 Å². The highest BCUT2D eigenvalue weighted by Crippen LogP contribution is 2.41. The summed E-state index contributed by atoms with van der Waals surface area (Å²) < 4.78 is 5.73. The van der Waals surface area contributed by atoms with Crippen LogP contribution in [0.15, 0.2) is 18.5 Å². The lowest BCUT2D eigenvalue weighted by atomic mass is 9.85. The van der Waals surface area contributed by atoms with Gasteiger partial charge in [0.25, 0.3) is 0 Å². The third-order valence-electron chi connectivity index (χ3n) is 3.99. The van der Waals surface area contributed by atoms with Crippen LogP contribution in [-0.4, -0.2) is 35.2 Å². The minimum absolute atomic E-state index is 0. The van der Waals surface area contributed by atoms with Gasteiger partial charge in [0.1, 0.15) is 12.3 Å². The zero-order valence-electron chi connectivity index (χ0n) is 10.9. The van der Waals surface area contributed by atoms with Gasteiger partial charge in [-0.25, -0.2) is 4.98 Å². The molecule has 1 aliphatic heterocycles. The number of aromatic nitrogens is 2. The Morgan fingerprint density at radius 2 is 2.15 bits per heavy atom. The number of ether oxygens (including phenoxy) is 1. The van der Waals surface area contributed by atoms with Gasteiger partial charge in [-0.2, -0.15) is 0 Å². The first-order valence-electron chi connectivity index (χ1n) is 6.44. The molecule has 2 aromatic heterocycles. The van der Waals surface area contributed by atoms with Crippen molar-refractivity contribution in [2.24, 2.45) is 5.73 Å². The molecule has 4 rings (SSSR count). The van der Waals surface area contributed by atoms with Crippen LogP contribution in [0.3, 0.4) is 0 Å². The molecule has 2 aliphatic rings. The van der Waals surface area contributed by atoms with Gasteiger partial charge in [-0.05, 0) is 18.9 Å². The second-order valence-electron chi connectivity index (χ2n) is 5.14. The number of nitrogens with one attached hydrogen (secondary N) is 1. The van der Waals surface area contributed by atoms with Gasteiger partial charge in [0.05, 0.1) is 18.4 Å². The number of pyridine rings is 1. The molecule has 110 valence electrons. The molecule has 3 heterocycles. The number of halogens is 2. The van der Waals surface area contributed by atoms with E-state index in [-0.39, 0.29) is 24.8 Å². The Hall–Kier alpha value is -1.17. The van der Waals surface area contributed by atoms with E-state index in [1.54, 1.807) is 0 Å². The molecule has 1 saturated carbocycles. The van der Waals surface area contributed by atoms with Gasteiger partial charge < -0.3 is 20.4 Å². The predicted octanol–water partition coefficient (Wildman–Crippen LogP) is 2.09. The summed E-state index contributed by atoms with van der Waals surface area (Å²) in [4.78, 5) is 9.98. The van der Waals surface area contributed by atoms with Gasteiger partial charge in [0, 0.05) is 23.7 Å². The number of aromatic amines is 1. The maximum atomic E-state index is 5.91. The van der Waals surface area contributed by atoms with E-state index in [9.17, 15) is 0 Å². The number of nitrogens with zero attached hydrogens (tertiary/aromatic N) is 2. The molecular weight excluding hydrogens is 299 g/mol. The molecule has 0 amide bonds. The molecule has 7 heteroatoms. The molecule has 0 unspecified atom stereocenters. The second kappa shape index (κ2) is 5.68. The summed E-state index contributed by atoms with van der Waals surface area (Å²) in [7, 11) is 0. The monoisotopic (exact) mass is 316 g/mol. The quantitative estimate of drug-likeness (QED) is 0.845.